The molecule has 0 heterocycles. The summed E-state index contributed by atoms with van der Waals surface area (Å²) in [6.07, 6.45) is 6.86. The van der Waals surface area contributed by atoms with E-state index >= 15 is 0 Å². The van der Waals surface area contributed by atoms with Crippen molar-refractivity contribution in [1.82, 2.24) is 0 Å². The van der Waals surface area contributed by atoms with Crippen LogP contribution in [0.5, 0.6) is 0 Å². The van der Waals surface area contributed by atoms with Crippen LogP contribution >= 0.6 is 0 Å². The van der Waals surface area contributed by atoms with Crippen LogP contribution in [0.25, 0.3) is 0 Å². The molecule has 0 nitrogen and oxygen atoms in total. The van der Waals surface area contributed by atoms with Crippen molar-refractivity contribution in [2.24, 2.45) is 23.7 Å². The molecular weight excluding hydrogens is 204 g/mol. The van der Waals surface area contributed by atoms with Gasteiger partial charge in [-0.3, -0.25) is 0 Å². The standard InChI is InChI=1S/C17H30/c1-7-8-13(4)15(6)17(11-16-9-10-16)14(5)12(2)3/h13,15-17H,2,5,7-11H2,1,3-4,6H3. The molecule has 1 rings (SSSR count). The molecule has 17 heavy (non-hydrogen) atoms. The van der Waals surface area contributed by atoms with Gasteiger partial charge in [-0.2, -0.15) is 0 Å². The number of allylic oxidation sites excluding steroid dienone is 2. The van der Waals surface area contributed by atoms with E-state index in [4.69, 9.17) is 0 Å². The predicted molar refractivity (Wildman–Crippen MR) is 78.0 cm³/mol. The van der Waals surface area contributed by atoms with Gasteiger partial charge in [-0.05, 0) is 42.6 Å². The van der Waals surface area contributed by atoms with Gasteiger partial charge in [-0.15, -0.1) is 0 Å². The highest BCUT2D eigenvalue weighted by Crippen LogP contribution is 2.43. The van der Waals surface area contributed by atoms with Gasteiger partial charge in [0.1, 0.15) is 0 Å². The van der Waals surface area contributed by atoms with Crippen molar-refractivity contribution in [1.29, 1.82) is 0 Å². The quantitative estimate of drug-likeness (QED) is 0.479. The summed E-state index contributed by atoms with van der Waals surface area (Å²) < 4.78 is 0. The molecule has 0 amide bonds. The molecule has 1 fully saturated rings. The lowest BCUT2D eigenvalue weighted by molar-refractivity contribution is 0.261. The largest absolute Gasteiger partial charge is 0.0958 e. The van der Waals surface area contributed by atoms with Crippen LogP contribution in [0.3, 0.4) is 0 Å². The maximum Gasteiger partial charge on any atom is -0.0135 e. The van der Waals surface area contributed by atoms with E-state index < -0.39 is 0 Å². The van der Waals surface area contributed by atoms with Crippen molar-refractivity contribution < 1.29 is 0 Å². The topological polar surface area (TPSA) is 0 Å². The Labute approximate surface area is 108 Å². The van der Waals surface area contributed by atoms with Crippen LogP contribution < -0.4 is 0 Å². The van der Waals surface area contributed by atoms with Crippen LogP contribution in [-0.4, -0.2) is 0 Å². The SMILES string of the molecule is C=C(C)C(=C)C(CC1CC1)C(C)C(C)CCC. The second-order valence-corrected chi connectivity index (χ2v) is 6.22. The van der Waals surface area contributed by atoms with Crippen LogP contribution in [0, 0.1) is 23.7 Å². The molecule has 3 atom stereocenters. The summed E-state index contributed by atoms with van der Waals surface area (Å²) >= 11 is 0. The molecule has 0 radical (unpaired) electrons. The highest BCUT2D eigenvalue weighted by atomic mass is 14.4. The average molecular weight is 234 g/mol. The van der Waals surface area contributed by atoms with Crippen molar-refractivity contribution >= 4 is 0 Å². The van der Waals surface area contributed by atoms with E-state index in [1.54, 1.807) is 0 Å². The van der Waals surface area contributed by atoms with Crippen LogP contribution in [0.15, 0.2) is 24.3 Å². The first kappa shape index (κ1) is 14.5. The fourth-order valence-corrected chi connectivity index (χ4v) is 2.82. The van der Waals surface area contributed by atoms with Gasteiger partial charge in [0.05, 0.1) is 0 Å². The van der Waals surface area contributed by atoms with E-state index in [-0.39, 0.29) is 0 Å². The van der Waals surface area contributed by atoms with Crippen molar-refractivity contribution in [3.8, 4) is 0 Å². The zero-order valence-electron chi connectivity index (χ0n) is 12.3. The molecule has 0 N–H and O–H groups in total. The normalized spacial score (nSPS) is 20.7. The first-order chi connectivity index (χ1) is 7.97. The molecule has 1 aliphatic rings. The average Bonchev–Trinajstić information content (AvgIpc) is 3.08. The minimum Gasteiger partial charge on any atom is -0.0958 e. The summed E-state index contributed by atoms with van der Waals surface area (Å²) in [5.74, 6) is 3.20. The Balaban J connectivity index is 2.66. The van der Waals surface area contributed by atoms with Crippen molar-refractivity contribution in [2.75, 3.05) is 0 Å². The molecule has 1 saturated carbocycles. The minimum atomic E-state index is 0.668. The first-order valence-electron chi connectivity index (χ1n) is 7.32. The maximum atomic E-state index is 4.30. The Bertz CT molecular complexity index is 270. The van der Waals surface area contributed by atoms with Crippen molar-refractivity contribution in [3.63, 3.8) is 0 Å². The molecule has 1 aliphatic carbocycles. The zero-order chi connectivity index (χ0) is 13.0. The summed E-state index contributed by atoms with van der Waals surface area (Å²) in [6.45, 7) is 17.6. The molecule has 0 heteroatoms. The van der Waals surface area contributed by atoms with Crippen LogP contribution in [0.2, 0.25) is 0 Å². The second-order valence-electron chi connectivity index (χ2n) is 6.22. The second kappa shape index (κ2) is 6.42. The molecule has 0 spiro atoms. The van der Waals surface area contributed by atoms with Gasteiger partial charge in [0.25, 0.3) is 0 Å². The Morgan fingerprint density at radius 1 is 1.24 bits per heavy atom. The Morgan fingerprint density at radius 3 is 2.24 bits per heavy atom. The summed E-state index contributed by atoms with van der Waals surface area (Å²) in [5, 5.41) is 0. The van der Waals surface area contributed by atoms with Gasteiger partial charge in [0, 0.05) is 0 Å². The molecule has 0 aromatic heterocycles. The monoisotopic (exact) mass is 234 g/mol. The van der Waals surface area contributed by atoms with Gasteiger partial charge in [0.15, 0.2) is 0 Å². The predicted octanol–water partition coefficient (Wildman–Crippen LogP) is 5.61. The van der Waals surface area contributed by atoms with E-state index in [1.807, 2.05) is 0 Å². The number of rotatable bonds is 8. The Morgan fingerprint density at radius 2 is 1.82 bits per heavy atom. The van der Waals surface area contributed by atoms with E-state index in [0.29, 0.717) is 5.92 Å². The summed E-state index contributed by atoms with van der Waals surface area (Å²) in [4.78, 5) is 0. The van der Waals surface area contributed by atoms with Crippen LogP contribution in [0.4, 0.5) is 0 Å². The smallest absolute Gasteiger partial charge is 0.0135 e. The lowest BCUT2D eigenvalue weighted by atomic mass is 9.74. The lowest BCUT2D eigenvalue weighted by Gasteiger charge is -2.31. The van der Waals surface area contributed by atoms with Gasteiger partial charge < -0.3 is 0 Å². The maximum absolute atomic E-state index is 4.30. The number of hydrogen-bond donors (Lipinski definition) is 0. The van der Waals surface area contributed by atoms with E-state index in [2.05, 4.69) is 40.9 Å². The highest BCUT2D eigenvalue weighted by molar-refractivity contribution is 5.26. The molecule has 0 aromatic rings. The van der Waals surface area contributed by atoms with Crippen LogP contribution in [0.1, 0.15) is 59.8 Å². The van der Waals surface area contributed by atoms with E-state index in [9.17, 15) is 0 Å². The molecule has 3 unspecified atom stereocenters. The summed E-state index contributed by atoms with van der Waals surface area (Å²) in [6, 6.07) is 0. The van der Waals surface area contributed by atoms with Gasteiger partial charge in [-0.1, -0.05) is 65.2 Å². The Kier molecular flexibility index (Phi) is 5.49. The zero-order valence-corrected chi connectivity index (χ0v) is 12.3. The van der Waals surface area contributed by atoms with Gasteiger partial charge >= 0.3 is 0 Å². The summed E-state index contributed by atoms with van der Waals surface area (Å²) in [5.41, 5.74) is 2.50. The van der Waals surface area contributed by atoms with Gasteiger partial charge in [0.2, 0.25) is 0 Å². The highest BCUT2D eigenvalue weighted by Gasteiger charge is 2.31. The fourth-order valence-electron chi connectivity index (χ4n) is 2.82. The molecule has 0 saturated heterocycles. The molecule has 98 valence electrons. The third kappa shape index (κ3) is 4.33. The molecule has 0 aromatic carbocycles. The van der Waals surface area contributed by atoms with E-state index in [0.717, 1.165) is 17.8 Å². The fraction of sp³-hybridized carbons (Fsp3) is 0.765. The van der Waals surface area contributed by atoms with Crippen LogP contribution in [-0.2, 0) is 0 Å². The minimum absolute atomic E-state index is 0.668. The molecule has 0 bridgehead atoms. The third-order valence-electron chi connectivity index (χ3n) is 4.56. The first-order valence-corrected chi connectivity index (χ1v) is 7.32. The lowest BCUT2D eigenvalue weighted by Crippen LogP contribution is -2.21. The molecule has 0 aliphatic heterocycles. The van der Waals surface area contributed by atoms with Crippen molar-refractivity contribution in [3.05, 3.63) is 24.3 Å². The molecular formula is C17H30. The third-order valence-corrected chi connectivity index (χ3v) is 4.56. The Hall–Kier alpha value is -0.520. The summed E-state index contributed by atoms with van der Waals surface area (Å²) in [7, 11) is 0. The number of hydrogen-bond acceptors (Lipinski definition) is 0. The van der Waals surface area contributed by atoms with Gasteiger partial charge in [-0.25, -0.2) is 0 Å². The van der Waals surface area contributed by atoms with E-state index in [1.165, 1.54) is 43.3 Å². The van der Waals surface area contributed by atoms with Crippen molar-refractivity contribution in [2.45, 2.75) is 59.8 Å².